The molecule has 1 heterocycles. The summed E-state index contributed by atoms with van der Waals surface area (Å²) in [5.74, 6) is 0.141. The normalized spacial score (nSPS) is 25.0. The van der Waals surface area contributed by atoms with E-state index in [1.165, 1.54) is 7.11 Å². The van der Waals surface area contributed by atoms with E-state index in [1.54, 1.807) is 6.92 Å². The maximum absolute atomic E-state index is 11.1. The maximum Gasteiger partial charge on any atom is 0.232 e. The SMILES string of the molecule is COC1=C(C)OC[C@H](O)C1=O. The van der Waals surface area contributed by atoms with Crippen molar-refractivity contribution < 1.29 is 19.4 Å². The molecule has 0 saturated carbocycles. The number of aliphatic hydroxyl groups excluding tert-OH is 1. The second-order valence-electron chi connectivity index (χ2n) is 2.28. The number of hydrogen-bond donors (Lipinski definition) is 1. The van der Waals surface area contributed by atoms with Crippen molar-refractivity contribution in [1.29, 1.82) is 0 Å². The van der Waals surface area contributed by atoms with Crippen LogP contribution in [0.1, 0.15) is 6.92 Å². The first-order valence-electron chi connectivity index (χ1n) is 3.26. The molecule has 4 nitrogen and oxygen atoms in total. The largest absolute Gasteiger partial charge is 0.491 e. The Bertz CT molecular complexity index is 206. The molecule has 0 saturated heterocycles. The van der Waals surface area contributed by atoms with Crippen molar-refractivity contribution in [3.05, 3.63) is 11.5 Å². The van der Waals surface area contributed by atoms with Gasteiger partial charge in [0.25, 0.3) is 0 Å². The van der Waals surface area contributed by atoms with Gasteiger partial charge in [0.15, 0.2) is 6.10 Å². The lowest BCUT2D eigenvalue weighted by molar-refractivity contribution is -0.132. The molecule has 0 amide bonds. The highest BCUT2D eigenvalue weighted by atomic mass is 16.5. The molecular weight excluding hydrogens is 148 g/mol. The maximum atomic E-state index is 11.1. The van der Waals surface area contributed by atoms with Gasteiger partial charge in [-0.2, -0.15) is 0 Å². The summed E-state index contributed by atoms with van der Waals surface area (Å²) < 4.78 is 9.68. The van der Waals surface area contributed by atoms with Gasteiger partial charge >= 0.3 is 0 Å². The molecule has 1 N–H and O–H groups in total. The standard InChI is InChI=1S/C7H10O4/c1-4-7(10-2)6(9)5(8)3-11-4/h5,8H,3H2,1-2H3/t5-/m0/s1. The summed E-state index contributed by atoms with van der Waals surface area (Å²) in [6.45, 7) is 1.65. The minimum absolute atomic E-state index is 0.0253. The molecule has 1 rings (SSSR count). The number of aliphatic hydroxyl groups is 1. The lowest BCUT2D eigenvalue weighted by Gasteiger charge is -2.20. The number of hydrogen-bond acceptors (Lipinski definition) is 4. The van der Waals surface area contributed by atoms with Crippen LogP contribution in [0.25, 0.3) is 0 Å². The van der Waals surface area contributed by atoms with Gasteiger partial charge in [-0.15, -0.1) is 0 Å². The second-order valence-corrected chi connectivity index (χ2v) is 2.28. The number of methoxy groups -OCH3 is 1. The lowest BCUT2D eigenvalue weighted by Crippen LogP contribution is -2.32. The van der Waals surface area contributed by atoms with Gasteiger partial charge in [0, 0.05) is 0 Å². The second kappa shape index (κ2) is 2.92. The Balaban J connectivity index is 2.89. The van der Waals surface area contributed by atoms with Gasteiger partial charge in [-0.3, -0.25) is 4.79 Å². The highest BCUT2D eigenvalue weighted by molar-refractivity contribution is 5.97. The van der Waals surface area contributed by atoms with Crippen molar-refractivity contribution in [1.82, 2.24) is 0 Å². The topological polar surface area (TPSA) is 55.8 Å². The molecule has 0 fully saturated rings. The van der Waals surface area contributed by atoms with Crippen LogP contribution in [0.5, 0.6) is 0 Å². The summed E-state index contributed by atoms with van der Waals surface area (Å²) in [5, 5.41) is 9.01. The van der Waals surface area contributed by atoms with Crippen LogP contribution < -0.4 is 0 Å². The number of ketones is 1. The number of carbonyl (C=O) groups is 1. The van der Waals surface area contributed by atoms with E-state index in [1.807, 2.05) is 0 Å². The van der Waals surface area contributed by atoms with Crippen molar-refractivity contribution in [2.75, 3.05) is 13.7 Å². The number of ether oxygens (including phenoxy) is 2. The summed E-state index contributed by atoms with van der Waals surface area (Å²) in [5.41, 5.74) is 0. The van der Waals surface area contributed by atoms with Gasteiger partial charge in [-0.25, -0.2) is 0 Å². The van der Waals surface area contributed by atoms with E-state index in [0.29, 0.717) is 5.76 Å². The van der Waals surface area contributed by atoms with Crippen molar-refractivity contribution in [3.63, 3.8) is 0 Å². The quantitative estimate of drug-likeness (QED) is 0.575. The fourth-order valence-corrected chi connectivity index (χ4v) is 0.914. The van der Waals surface area contributed by atoms with Gasteiger partial charge < -0.3 is 14.6 Å². The van der Waals surface area contributed by atoms with Crippen LogP contribution in [0.15, 0.2) is 11.5 Å². The molecule has 4 heteroatoms. The number of carbonyl (C=O) groups excluding carboxylic acids is 1. The highest BCUT2D eigenvalue weighted by Crippen LogP contribution is 2.15. The fraction of sp³-hybridized carbons (Fsp3) is 0.571. The predicted octanol–water partition coefficient (Wildman–Crippen LogP) is -0.175. The van der Waals surface area contributed by atoms with Crippen LogP contribution in [0.4, 0.5) is 0 Å². The first-order chi connectivity index (χ1) is 5.16. The molecular formula is C7H10O4. The molecule has 62 valence electrons. The van der Waals surface area contributed by atoms with Crippen LogP contribution in [-0.4, -0.2) is 30.7 Å². The molecule has 0 aromatic carbocycles. The molecule has 0 radical (unpaired) electrons. The molecule has 1 atom stereocenters. The zero-order valence-electron chi connectivity index (χ0n) is 6.46. The number of Topliss-reactive ketones (excluding diaryl/α,β-unsaturated/α-hetero) is 1. The summed E-state index contributed by atoms with van der Waals surface area (Å²) in [4.78, 5) is 11.1. The molecule has 1 aliphatic rings. The van der Waals surface area contributed by atoms with Crippen molar-refractivity contribution in [2.24, 2.45) is 0 Å². The Morgan fingerprint density at radius 3 is 2.82 bits per heavy atom. The molecule has 0 aromatic heterocycles. The van der Waals surface area contributed by atoms with E-state index in [2.05, 4.69) is 0 Å². The number of allylic oxidation sites excluding steroid dienone is 1. The third kappa shape index (κ3) is 1.35. The third-order valence-electron chi connectivity index (χ3n) is 1.51. The summed E-state index contributed by atoms with van der Waals surface area (Å²) >= 11 is 0. The van der Waals surface area contributed by atoms with Gasteiger partial charge in [-0.1, -0.05) is 0 Å². The summed E-state index contributed by atoms with van der Waals surface area (Å²) in [6.07, 6.45) is -1.08. The minimum Gasteiger partial charge on any atom is -0.491 e. The van der Waals surface area contributed by atoms with Gasteiger partial charge in [0.1, 0.15) is 12.4 Å². The highest BCUT2D eigenvalue weighted by Gasteiger charge is 2.28. The van der Waals surface area contributed by atoms with Crippen LogP contribution in [-0.2, 0) is 14.3 Å². The van der Waals surface area contributed by atoms with E-state index >= 15 is 0 Å². The third-order valence-corrected chi connectivity index (χ3v) is 1.51. The van der Waals surface area contributed by atoms with E-state index in [9.17, 15) is 4.79 Å². The van der Waals surface area contributed by atoms with Gasteiger partial charge in [0.2, 0.25) is 11.5 Å². The predicted molar refractivity (Wildman–Crippen MR) is 36.7 cm³/mol. The van der Waals surface area contributed by atoms with Crippen molar-refractivity contribution in [2.45, 2.75) is 13.0 Å². The van der Waals surface area contributed by atoms with Gasteiger partial charge in [-0.05, 0) is 6.92 Å². The summed E-state index contributed by atoms with van der Waals surface area (Å²) in [6, 6.07) is 0. The molecule has 11 heavy (non-hydrogen) atoms. The Hall–Kier alpha value is -1.03. The molecule has 0 aromatic rings. The van der Waals surface area contributed by atoms with Crippen LogP contribution >= 0.6 is 0 Å². The molecule has 0 aliphatic carbocycles. The van der Waals surface area contributed by atoms with E-state index in [4.69, 9.17) is 14.6 Å². The first kappa shape index (κ1) is 8.07. The molecule has 0 unspecified atom stereocenters. The average Bonchev–Trinajstić information content (AvgIpc) is 1.99. The van der Waals surface area contributed by atoms with Crippen LogP contribution in [0.2, 0.25) is 0 Å². The van der Waals surface area contributed by atoms with Crippen LogP contribution in [0.3, 0.4) is 0 Å². The molecule has 0 bridgehead atoms. The minimum atomic E-state index is -1.08. The molecule has 1 aliphatic heterocycles. The van der Waals surface area contributed by atoms with Gasteiger partial charge in [0.05, 0.1) is 7.11 Å². The Morgan fingerprint density at radius 2 is 2.36 bits per heavy atom. The van der Waals surface area contributed by atoms with E-state index in [-0.39, 0.29) is 12.4 Å². The van der Waals surface area contributed by atoms with Crippen molar-refractivity contribution >= 4 is 5.78 Å². The number of rotatable bonds is 1. The lowest BCUT2D eigenvalue weighted by atomic mass is 10.1. The van der Waals surface area contributed by atoms with Crippen molar-refractivity contribution in [3.8, 4) is 0 Å². The first-order valence-corrected chi connectivity index (χ1v) is 3.26. The monoisotopic (exact) mass is 158 g/mol. The zero-order valence-corrected chi connectivity index (χ0v) is 6.46. The van der Waals surface area contributed by atoms with Crippen LogP contribution in [0, 0.1) is 0 Å². The zero-order chi connectivity index (χ0) is 8.43. The Morgan fingerprint density at radius 1 is 1.73 bits per heavy atom. The van der Waals surface area contributed by atoms with E-state index in [0.717, 1.165) is 0 Å². The Kier molecular flexibility index (Phi) is 2.14. The van der Waals surface area contributed by atoms with E-state index < -0.39 is 11.9 Å². The average molecular weight is 158 g/mol. The summed E-state index contributed by atoms with van der Waals surface area (Å²) in [7, 11) is 1.37. The fourth-order valence-electron chi connectivity index (χ4n) is 0.914. The molecule has 0 spiro atoms. The smallest absolute Gasteiger partial charge is 0.232 e. The Labute approximate surface area is 64.4 Å².